The van der Waals surface area contributed by atoms with Crippen LogP contribution >= 0.6 is 0 Å². The smallest absolute Gasteiger partial charge is 0.304 e. The van der Waals surface area contributed by atoms with Crippen molar-refractivity contribution in [2.24, 2.45) is 0 Å². The Bertz CT molecular complexity index is 398. The summed E-state index contributed by atoms with van der Waals surface area (Å²) in [5.41, 5.74) is 0.120. The minimum atomic E-state index is -0.830. The summed E-state index contributed by atoms with van der Waals surface area (Å²) in [4.78, 5) is 9.66. The van der Waals surface area contributed by atoms with Crippen molar-refractivity contribution in [3.8, 4) is 0 Å². The minimum absolute atomic E-state index is 0.0861. The third-order valence-electron chi connectivity index (χ3n) is 2.43. The number of nitrogens with zero attached hydrogens (tertiary/aromatic N) is 1. The zero-order chi connectivity index (χ0) is 12.8. The number of nitrogens with one attached hydrogen (secondary N) is 1. The molecule has 0 saturated carbocycles. The third kappa shape index (κ3) is 4.08. The van der Waals surface area contributed by atoms with Gasteiger partial charge in [-0.3, -0.25) is 10.1 Å². The SMILES string of the molecule is CC(CCO)NCc1ccc([N+](=O)[O-])c(F)c1. The lowest BCUT2D eigenvalue weighted by Gasteiger charge is -2.12. The maximum absolute atomic E-state index is 13.3. The minimum Gasteiger partial charge on any atom is -0.396 e. The molecular formula is C11H15FN2O3. The molecule has 0 aliphatic carbocycles. The monoisotopic (exact) mass is 242 g/mol. The van der Waals surface area contributed by atoms with Crippen LogP contribution in [0, 0.1) is 15.9 Å². The van der Waals surface area contributed by atoms with Crippen LogP contribution in [0.2, 0.25) is 0 Å². The number of aliphatic hydroxyl groups is 1. The number of nitro groups is 1. The Kier molecular flexibility index (Phi) is 4.99. The number of aliphatic hydroxyl groups excluding tert-OH is 1. The van der Waals surface area contributed by atoms with E-state index in [1.807, 2.05) is 6.92 Å². The second kappa shape index (κ2) is 6.27. The molecule has 94 valence electrons. The van der Waals surface area contributed by atoms with Crippen LogP contribution in [0.1, 0.15) is 18.9 Å². The van der Waals surface area contributed by atoms with Crippen molar-refractivity contribution in [3.63, 3.8) is 0 Å². The van der Waals surface area contributed by atoms with E-state index in [0.717, 1.165) is 12.1 Å². The summed E-state index contributed by atoms with van der Waals surface area (Å²) in [7, 11) is 0. The number of halogens is 1. The van der Waals surface area contributed by atoms with E-state index in [4.69, 9.17) is 5.11 Å². The zero-order valence-electron chi connectivity index (χ0n) is 9.52. The maximum atomic E-state index is 13.3. The molecule has 1 rings (SSSR count). The summed E-state index contributed by atoms with van der Waals surface area (Å²) in [5, 5.41) is 22.2. The predicted molar refractivity (Wildman–Crippen MR) is 61.1 cm³/mol. The van der Waals surface area contributed by atoms with Crippen molar-refractivity contribution >= 4 is 5.69 Å². The molecule has 1 aromatic rings. The number of hydrogen-bond donors (Lipinski definition) is 2. The van der Waals surface area contributed by atoms with Gasteiger partial charge in [-0.25, -0.2) is 0 Å². The quantitative estimate of drug-likeness (QED) is 0.586. The molecule has 0 bridgehead atoms. The lowest BCUT2D eigenvalue weighted by molar-refractivity contribution is -0.387. The molecule has 0 heterocycles. The fourth-order valence-electron chi connectivity index (χ4n) is 1.40. The van der Waals surface area contributed by atoms with Gasteiger partial charge in [0.05, 0.1) is 4.92 Å². The van der Waals surface area contributed by atoms with Crippen LogP contribution in [0.3, 0.4) is 0 Å². The molecule has 0 aromatic heterocycles. The van der Waals surface area contributed by atoms with E-state index in [2.05, 4.69) is 5.32 Å². The highest BCUT2D eigenvalue weighted by Crippen LogP contribution is 2.17. The molecule has 0 fully saturated rings. The molecule has 0 amide bonds. The number of nitro benzene ring substituents is 1. The van der Waals surface area contributed by atoms with Crippen molar-refractivity contribution < 1.29 is 14.4 Å². The summed E-state index contributed by atoms with van der Waals surface area (Å²) in [5.74, 6) is -0.830. The predicted octanol–water partition coefficient (Wildman–Crippen LogP) is 1.59. The molecular weight excluding hydrogens is 227 g/mol. The normalized spacial score (nSPS) is 12.4. The standard InChI is InChI=1S/C11H15FN2O3/c1-8(4-5-15)13-7-9-2-3-11(14(16)17)10(12)6-9/h2-3,6,8,13,15H,4-5,7H2,1H3. The third-order valence-corrected chi connectivity index (χ3v) is 2.43. The number of benzene rings is 1. The molecule has 17 heavy (non-hydrogen) atoms. The first-order valence-electron chi connectivity index (χ1n) is 5.31. The molecule has 0 saturated heterocycles. The fraction of sp³-hybridized carbons (Fsp3) is 0.455. The molecule has 1 unspecified atom stereocenters. The molecule has 0 spiro atoms. The van der Waals surface area contributed by atoms with Gasteiger partial charge in [0, 0.05) is 25.3 Å². The van der Waals surface area contributed by atoms with Gasteiger partial charge in [-0.05, 0) is 25.0 Å². The van der Waals surface area contributed by atoms with Crippen molar-refractivity contribution in [2.75, 3.05) is 6.61 Å². The average molecular weight is 242 g/mol. The van der Waals surface area contributed by atoms with E-state index in [1.54, 1.807) is 0 Å². The van der Waals surface area contributed by atoms with Gasteiger partial charge in [-0.1, -0.05) is 6.07 Å². The van der Waals surface area contributed by atoms with Gasteiger partial charge in [-0.2, -0.15) is 4.39 Å². The van der Waals surface area contributed by atoms with Crippen LogP contribution in [0.4, 0.5) is 10.1 Å². The van der Waals surface area contributed by atoms with Crippen LogP contribution in [0.5, 0.6) is 0 Å². The van der Waals surface area contributed by atoms with Crippen molar-refractivity contribution in [1.82, 2.24) is 5.32 Å². The van der Waals surface area contributed by atoms with E-state index in [0.29, 0.717) is 18.5 Å². The Morgan fingerprint density at radius 2 is 2.29 bits per heavy atom. The average Bonchev–Trinajstić information content (AvgIpc) is 2.26. The van der Waals surface area contributed by atoms with Crippen LogP contribution in [-0.4, -0.2) is 22.7 Å². The summed E-state index contributed by atoms with van der Waals surface area (Å²) < 4.78 is 13.3. The van der Waals surface area contributed by atoms with Gasteiger partial charge in [0.15, 0.2) is 0 Å². The van der Waals surface area contributed by atoms with Gasteiger partial charge >= 0.3 is 5.69 Å². The van der Waals surface area contributed by atoms with Crippen LogP contribution < -0.4 is 5.32 Å². The maximum Gasteiger partial charge on any atom is 0.304 e. The van der Waals surface area contributed by atoms with E-state index in [1.165, 1.54) is 6.07 Å². The Morgan fingerprint density at radius 3 is 2.82 bits per heavy atom. The molecule has 0 radical (unpaired) electrons. The Morgan fingerprint density at radius 1 is 1.59 bits per heavy atom. The van der Waals surface area contributed by atoms with E-state index < -0.39 is 16.4 Å². The van der Waals surface area contributed by atoms with Crippen molar-refractivity contribution in [2.45, 2.75) is 25.9 Å². The van der Waals surface area contributed by atoms with E-state index in [-0.39, 0.29) is 12.6 Å². The Hall–Kier alpha value is -1.53. The second-order valence-electron chi connectivity index (χ2n) is 3.84. The van der Waals surface area contributed by atoms with Crippen LogP contribution in [0.25, 0.3) is 0 Å². The highest BCUT2D eigenvalue weighted by Gasteiger charge is 2.13. The second-order valence-corrected chi connectivity index (χ2v) is 3.84. The molecule has 6 heteroatoms. The number of rotatable bonds is 6. The number of hydrogen-bond acceptors (Lipinski definition) is 4. The zero-order valence-corrected chi connectivity index (χ0v) is 9.52. The molecule has 0 aliphatic rings. The largest absolute Gasteiger partial charge is 0.396 e. The summed E-state index contributed by atoms with van der Waals surface area (Å²) in [6.45, 7) is 2.40. The molecule has 1 aromatic carbocycles. The Labute approximate surface area is 98.4 Å². The van der Waals surface area contributed by atoms with Gasteiger partial charge < -0.3 is 10.4 Å². The van der Waals surface area contributed by atoms with Gasteiger partial charge in [0.1, 0.15) is 0 Å². The molecule has 1 atom stereocenters. The molecule has 0 aliphatic heterocycles. The first kappa shape index (κ1) is 13.5. The van der Waals surface area contributed by atoms with Crippen molar-refractivity contribution in [1.29, 1.82) is 0 Å². The fourth-order valence-corrected chi connectivity index (χ4v) is 1.40. The molecule has 2 N–H and O–H groups in total. The van der Waals surface area contributed by atoms with Gasteiger partial charge in [0.25, 0.3) is 0 Å². The van der Waals surface area contributed by atoms with Crippen molar-refractivity contribution in [3.05, 3.63) is 39.7 Å². The molecule has 5 nitrogen and oxygen atoms in total. The lowest BCUT2D eigenvalue weighted by atomic mass is 10.1. The first-order valence-corrected chi connectivity index (χ1v) is 5.31. The van der Waals surface area contributed by atoms with Gasteiger partial charge in [0.2, 0.25) is 5.82 Å². The first-order chi connectivity index (χ1) is 8.04. The summed E-state index contributed by atoms with van der Waals surface area (Å²) in [6.07, 6.45) is 0.607. The van der Waals surface area contributed by atoms with E-state index in [9.17, 15) is 14.5 Å². The lowest BCUT2D eigenvalue weighted by Crippen LogP contribution is -2.26. The Balaban J connectivity index is 2.62. The summed E-state index contributed by atoms with van der Waals surface area (Å²) >= 11 is 0. The highest BCUT2D eigenvalue weighted by atomic mass is 19.1. The highest BCUT2D eigenvalue weighted by molar-refractivity contribution is 5.34. The van der Waals surface area contributed by atoms with Crippen LogP contribution in [-0.2, 0) is 6.54 Å². The topological polar surface area (TPSA) is 75.4 Å². The summed E-state index contributed by atoms with van der Waals surface area (Å²) in [6, 6.07) is 3.93. The van der Waals surface area contributed by atoms with Gasteiger partial charge in [-0.15, -0.1) is 0 Å². The van der Waals surface area contributed by atoms with Crippen LogP contribution in [0.15, 0.2) is 18.2 Å². The van der Waals surface area contributed by atoms with E-state index >= 15 is 0 Å².